The molecule has 1 aliphatic rings. The maximum atomic E-state index is 11.6. The zero-order valence-electron chi connectivity index (χ0n) is 15.2. The number of nitrogens with zero attached hydrogens (tertiary/aromatic N) is 1. The molecule has 5 heteroatoms. The van der Waals surface area contributed by atoms with Gasteiger partial charge in [0.25, 0.3) is 0 Å². The number of aromatic hydroxyl groups is 1. The second-order valence-electron chi connectivity index (χ2n) is 6.68. The molecule has 0 spiro atoms. The van der Waals surface area contributed by atoms with E-state index in [1.807, 2.05) is 24.3 Å². The summed E-state index contributed by atoms with van der Waals surface area (Å²) in [5.74, 6) is 0.412. The highest BCUT2D eigenvalue weighted by molar-refractivity contribution is 8.93. The summed E-state index contributed by atoms with van der Waals surface area (Å²) in [5, 5.41) is 12.3. The van der Waals surface area contributed by atoms with E-state index < -0.39 is 0 Å². The molecule has 2 N–H and O–H groups in total. The van der Waals surface area contributed by atoms with Crippen molar-refractivity contribution in [3.8, 4) is 5.75 Å². The first-order chi connectivity index (χ1) is 12.2. The lowest BCUT2D eigenvalue weighted by Crippen LogP contribution is -2.29. The highest BCUT2D eigenvalue weighted by Crippen LogP contribution is 2.26. The summed E-state index contributed by atoms with van der Waals surface area (Å²) in [4.78, 5) is 14.1. The van der Waals surface area contributed by atoms with Crippen molar-refractivity contribution in [2.75, 3.05) is 25.0 Å². The van der Waals surface area contributed by atoms with Crippen molar-refractivity contribution in [3.05, 3.63) is 59.2 Å². The third kappa shape index (κ3) is 5.32. The van der Waals surface area contributed by atoms with Crippen LogP contribution in [0.5, 0.6) is 5.75 Å². The van der Waals surface area contributed by atoms with E-state index >= 15 is 0 Å². The lowest BCUT2D eigenvalue weighted by molar-refractivity contribution is -0.115. The van der Waals surface area contributed by atoms with Gasteiger partial charge in [-0.05, 0) is 60.7 Å². The summed E-state index contributed by atoms with van der Waals surface area (Å²) in [5.41, 5.74) is 4.67. The van der Waals surface area contributed by atoms with Crippen LogP contribution in [-0.4, -0.2) is 35.5 Å². The number of carbonyl (C=O) groups excluding carboxylic acids is 1. The number of phenolic OH excluding ortho intramolecular Hbond substituents is 1. The minimum absolute atomic E-state index is 0. The Morgan fingerprint density at radius 1 is 1.04 bits per heavy atom. The number of fused-ring (bicyclic) bond motifs is 1. The van der Waals surface area contributed by atoms with Gasteiger partial charge in [-0.3, -0.25) is 4.79 Å². The number of rotatable bonds is 8. The first kappa shape index (κ1) is 20.5. The van der Waals surface area contributed by atoms with E-state index in [4.69, 9.17) is 0 Å². The average Bonchev–Trinajstić information content (AvgIpc) is 2.99. The van der Waals surface area contributed by atoms with Crippen LogP contribution in [-0.2, 0) is 24.1 Å². The number of carbonyl (C=O) groups is 1. The SMILES string of the molecule is Br.CCCN(CCc1ccc(O)cc1)CCc1cccc2c1CC(=O)N2. The number of phenols is 1. The third-order valence-corrected chi connectivity index (χ3v) is 4.77. The van der Waals surface area contributed by atoms with Gasteiger partial charge in [0.2, 0.25) is 5.91 Å². The van der Waals surface area contributed by atoms with Crippen molar-refractivity contribution in [3.63, 3.8) is 0 Å². The molecule has 0 fully saturated rings. The number of benzene rings is 2. The molecule has 1 amide bonds. The Morgan fingerprint density at radius 3 is 2.50 bits per heavy atom. The van der Waals surface area contributed by atoms with Gasteiger partial charge in [0.15, 0.2) is 0 Å². The fourth-order valence-electron chi connectivity index (χ4n) is 3.43. The number of hydrogen-bond acceptors (Lipinski definition) is 3. The van der Waals surface area contributed by atoms with E-state index in [0.717, 1.165) is 44.6 Å². The molecule has 0 atom stereocenters. The lowest BCUT2D eigenvalue weighted by atomic mass is 10.0. The first-order valence-electron chi connectivity index (χ1n) is 9.06. The molecule has 0 bridgehead atoms. The Hall–Kier alpha value is -1.85. The summed E-state index contributed by atoms with van der Waals surface area (Å²) < 4.78 is 0. The Kier molecular flexibility index (Phi) is 7.66. The monoisotopic (exact) mass is 418 g/mol. The van der Waals surface area contributed by atoms with Crippen LogP contribution in [0.25, 0.3) is 0 Å². The van der Waals surface area contributed by atoms with Gasteiger partial charge in [0.1, 0.15) is 5.75 Å². The smallest absolute Gasteiger partial charge is 0.228 e. The van der Waals surface area contributed by atoms with Crippen LogP contribution >= 0.6 is 17.0 Å². The molecule has 0 radical (unpaired) electrons. The van der Waals surface area contributed by atoms with Gasteiger partial charge >= 0.3 is 0 Å². The molecular weight excluding hydrogens is 392 g/mol. The van der Waals surface area contributed by atoms with Gasteiger partial charge in [-0.15, -0.1) is 17.0 Å². The standard InChI is InChI=1S/C21H26N2O2.BrH/c1-2-12-23(13-10-16-6-8-18(24)9-7-16)14-11-17-4-3-5-20-19(17)15-21(25)22-20;/h3-9,24H,2,10-15H2,1H3,(H,22,25);1H. The van der Waals surface area contributed by atoms with Gasteiger partial charge < -0.3 is 15.3 Å². The molecule has 26 heavy (non-hydrogen) atoms. The van der Waals surface area contributed by atoms with E-state index in [0.29, 0.717) is 12.2 Å². The van der Waals surface area contributed by atoms with Crippen molar-refractivity contribution in [1.29, 1.82) is 0 Å². The first-order valence-corrected chi connectivity index (χ1v) is 9.06. The minimum atomic E-state index is 0. The average molecular weight is 419 g/mol. The molecule has 0 unspecified atom stereocenters. The van der Waals surface area contributed by atoms with E-state index in [9.17, 15) is 9.90 Å². The summed E-state index contributed by atoms with van der Waals surface area (Å²) in [6, 6.07) is 13.6. The van der Waals surface area contributed by atoms with E-state index in [2.05, 4.69) is 23.2 Å². The zero-order valence-corrected chi connectivity index (χ0v) is 16.9. The molecule has 3 rings (SSSR count). The minimum Gasteiger partial charge on any atom is -0.508 e. The van der Waals surface area contributed by atoms with Gasteiger partial charge in [-0.1, -0.05) is 31.2 Å². The van der Waals surface area contributed by atoms with Crippen LogP contribution in [0.1, 0.15) is 30.0 Å². The second kappa shape index (κ2) is 9.74. The Balaban J connectivity index is 0.00000243. The zero-order chi connectivity index (χ0) is 17.6. The summed E-state index contributed by atoms with van der Waals surface area (Å²) in [7, 11) is 0. The predicted octanol–water partition coefficient (Wildman–Crippen LogP) is 3.96. The van der Waals surface area contributed by atoms with Crippen LogP contribution in [0.4, 0.5) is 5.69 Å². The van der Waals surface area contributed by atoms with Crippen LogP contribution in [0, 0.1) is 0 Å². The topological polar surface area (TPSA) is 52.6 Å². The molecule has 0 saturated carbocycles. The molecule has 0 saturated heterocycles. The quantitative estimate of drug-likeness (QED) is 0.681. The summed E-state index contributed by atoms with van der Waals surface area (Å²) in [6.45, 7) is 5.28. The van der Waals surface area contributed by atoms with Gasteiger partial charge in [0, 0.05) is 18.8 Å². The molecule has 1 aliphatic heterocycles. The van der Waals surface area contributed by atoms with Crippen molar-refractivity contribution < 1.29 is 9.90 Å². The van der Waals surface area contributed by atoms with Gasteiger partial charge in [-0.2, -0.15) is 0 Å². The number of nitrogens with one attached hydrogen (secondary N) is 1. The largest absolute Gasteiger partial charge is 0.508 e. The van der Waals surface area contributed by atoms with Crippen molar-refractivity contribution in [1.82, 2.24) is 4.90 Å². The van der Waals surface area contributed by atoms with Crippen LogP contribution in [0.2, 0.25) is 0 Å². The molecule has 0 aromatic heterocycles. The lowest BCUT2D eigenvalue weighted by Gasteiger charge is -2.22. The number of hydrogen-bond donors (Lipinski definition) is 2. The molecule has 2 aromatic rings. The molecule has 0 aliphatic carbocycles. The highest BCUT2D eigenvalue weighted by Gasteiger charge is 2.20. The number of halogens is 1. The van der Waals surface area contributed by atoms with Crippen molar-refractivity contribution in [2.24, 2.45) is 0 Å². The Morgan fingerprint density at radius 2 is 1.77 bits per heavy atom. The van der Waals surface area contributed by atoms with E-state index in [1.165, 1.54) is 16.7 Å². The van der Waals surface area contributed by atoms with Crippen LogP contribution < -0.4 is 5.32 Å². The molecule has 4 nitrogen and oxygen atoms in total. The van der Waals surface area contributed by atoms with Crippen LogP contribution in [0.3, 0.4) is 0 Å². The van der Waals surface area contributed by atoms with Gasteiger partial charge in [-0.25, -0.2) is 0 Å². The summed E-state index contributed by atoms with van der Waals surface area (Å²) in [6.07, 6.45) is 3.58. The van der Waals surface area contributed by atoms with E-state index in [-0.39, 0.29) is 22.9 Å². The van der Waals surface area contributed by atoms with Crippen molar-refractivity contribution >= 4 is 28.6 Å². The van der Waals surface area contributed by atoms with Crippen molar-refractivity contribution in [2.45, 2.75) is 32.6 Å². The Bertz CT molecular complexity index is 731. The molecule has 140 valence electrons. The second-order valence-corrected chi connectivity index (χ2v) is 6.68. The number of amides is 1. The van der Waals surface area contributed by atoms with E-state index in [1.54, 1.807) is 12.1 Å². The maximum Gasteiger partial charge on any atom is 0.228 e. The molecule has 2 aromatic carbocycles. The molecule has 1 heterocycles. The Labute approximate surface area is 166 Å². The molecular formula is C21H27BrN2O2. The fraction of sp³-hybridized carbons (Fsp3) is 0.381. The highest BCUT2D eigenvalue weighted by atomic mass is 79.9. The third-order valence-electron chi connectivity index (χ3n) is 4.77. The van der Waals surface area contributed by atoms with Gasteiger partial charge in [0.05, 0.1) is 6.42 Å². The van der Waals surface area contributed by atoms with Crippen LogP contribution in [0.15, 0.2) is 42.5 Å². The summed E-state index contributed by atoms with van der Waals surface area (Å²) >= 11 is 0. The predicted molar refractivity (Wildman–Crippen MR) is 111 cm³/mol. The maximum absolute atomic E-state index is 11.6. The number of anilines is 1. The normalized spacial score (nSPS) is 12.6. The fourth-order valence-corrected chi connectivity index (χ4v) is 3.43.